The predicted octanol–water partition coefficient (Wildman–Crippen LogP) is -1.69. The highest BCUT2D eigenvalue weighted by molar-refractivity contribution is 5.73. The van der Waals surface area contributed by atoms with Gasteiger partial charge in [-0.15, -0.1) is 0 Å². The fraction of sp³-hybridized carbons (Fsp3) is 0.500. The summed E-state index contributed by atoms with van der Waals surface area (Å²) in [6.07, 6.45) is -2.92. The van der Waals surface area contributed by atoms with Crippen molar-refractivity contribution >= 4 is 5.97 Å². The first-order chi connectivity index (χ1) is 8.77. The second-order valence-corrected chi connectivity index (χ2v) is 4.27. The van der Waals surface area contributed by atoms with Gasteiger partial charge in [-0.3, -0.25) is 14.3 Å². The van der Waals surface area contributed by atoms with E-state index in [1.54, 1.807) is 0 Å². The molecule has 2 rings (SSSR count). The van der Waals surface area contributed by atoms with Crippen molar-refractivity contribution in [3.05, 3.63) is 32.6 Å². The molecule has 3 atom stereocenters. The number of aliphatic carboxylic acids is 1. The highest BCUT2D eigenvalue weighted by Crippen LogP contribution is 2.32. The summed E-state index contributed by atoms with van der Waals surface area (Å²) in [7, 11) is 0. The molecule has 19 heavy (non-hydrogen) atoms. The van der Waals surface area contributed by atoms with Crippen molar-refractivity contribution < 1.29 is 24.1 Å². The van der Waals surface area contributed by atoms with Gasteiger partial charge in [0, 0.05) is 11.8 Å². The van der Waals surface area contributed by atoms with Gasteiger partial charge in [-0.2, -0.15) is 0 Å². The van der Waals surface area contributed by atoms with Gasteiger partial charge >= 0.3 is 11.7 Å². The van der Waals surface area contributed by atoms with Gasteiger partial charge in [0.1, 0.15) is 12.7 Å². The Morgan fingerprint density at radius 2 is 2.26 bits per heavy atom. The third kappa shape index (κ3) is 1.96. The highest BCUT2D eigenvalue weighted by Gasteiger charge is 2.55. The molecule has 0 saturated carbocycles. The average molecular weight is 274 g/mol. The van der Waals surface area contributed by atoms with Crippen LogP contribution in [0.25, 0.3) is 0 Å². The van der Waals surface area contributed by atoms with Crippen molar-refractivity contribution in [2.45, 2.75) is 24.9 Å². The summed E-state index contributed by atoms with van der Waals surface area (Å²) in [6.45, 7) is 0.533. The Bertz CT molecular complexity index is 638. The number of aryl methyl sites for hydroxylation is 1. The predicted molar refractivity (Wildman–Crippen MR) is 58.5 cm³/mol. The number of aliphatic hydroxyl groups excluding tert-OH is 1. The summed E-state index contributed by atoms with van der Waals surface area (Å²) in [4.78, 5) is 35.4. The number of alkyl halides is 1. The fourth-order valence-electron chi connectivity index (χ4n) is 1.88. The number of halogens is 1. The van der Waals surface area contributed by atoms with E-state index < -0.39 is 41.8 Å². The number of ether oxygens (including phenoxy) is 1. The molecule has 3 N–H and O–H groups in total. The van der Waals surface area contributed by atoms with Crippen molar-refractivity contribution in [2.24, 2.45) is 0 Å². The molecule has 0 spiro atoms. The molecule has 0 unspecified atom stereocenters. The van der Waals surface area contributed by atoms with Crippen molar-refractivity contribution in [1.29, 1.82) is 0 Å². The molecule has 0 amide bonds. The van der Waals surface area contributed by atoms with Crippen molar-refractivity contribution in [3.8, 4) is 0 Å². The number of carboxylic acids is 1. The maximum Gasteiger partial charge on any atom is 0.335 e. The summed E-state index contributed by atoms with van der Waals surface area (Å²) in [5, 5.41) is 18.4. The minimum absolute atomic E-state index is 0.0441. The molecule has 2 heterocycles. The molecule has 1 aromatic rings. The molecule has 8 nitrogen and oxygen atoms in total. The van der Waals surface area contributed by atoms with Crippen LogP contribution < -0.4 is 11.2 Å². The molecule has 1 aliphatic heterocycles. The lowest BCUT2D eigenvalue weighted by Crippen LogP contribution is -2.50. The lowest BCUT2D eigenvalue weighted by atomic mass is 10.1. The number of rotatable bonds is 2. The van der Waals surface area contributed by atoms with Crippen LogP contribution >= 0.6 is 0 Å². The van der Waals surface area contributed by atoms with E-state index in [0.717, 1.165) is 6.20 Å². The number of hydrogen-bond acceptors (Lipinski definition) is 5. The van der Waals surface area contributed by atoms with Crippen LogP contribution in [0.2, 0.25) is 0 Å². The number of nitrogens with zero attached hydrogens (tertiary/aromatic N) is 1. The highest BCUT2D eigenvalue weighted by atomic mass is 19.1. The lowest BCUT2D eigenvalue weighted by Gasteiger charge is -2.24. The van der Waals surface area contributed by atoms with Gasteiger partial charge in [0.15, 0.2) is 6.10 Å². The zero-order chi connectivity index (χ0) is 14.4. The van der Waals surface area contributed by atoms with E-state index in [9.17, 15) is 23.9 Å². The SMILES string of the molecule is Cc1cn([C@@]2(F)CO[C@H](C(=O)O)[C@H]2O)c(=O)[nH]c1=O. The number of carbonyl (C=O) groups is 1. The number of aromatic nitrogens is 2. The number of carboxylic acid groups (broad SMARTS) is 1. The lowest BCUT2D eigenvalue weighted by molar-refractivity contribution is -0.152. The maximum atomic E-state index is 14.6. The first kappa shape index (κ1) is 13.4. The van der Waals surface area contributed by atoms with E-state index in [4.69, 9.17) is 5.11 Å². The number of H-pyrrole nitrogens is 1. The Hall–Kier alpha value is -2.00. The number of hydrogen-bond donors (Lipinski definition) is 3. The third-order valence-electron chi connectivity index (χ3n) is 2.97. The fourth-order valence-corrected chi connectivity index (χ4v) is 1.88. The van der Waals surface area contributed by atoms with Gasteiger partial charge in [0.2, 0.25) is 5.79 Å². The minimum atomic E-state index is -2.74. The number of aromatic amines is 1. The summed E-state index contributed by atoms with van der Waals surface area (Å²) < 4.78 is 19.7. The van der Waals surface area contributed by atoms with Gasteiger partial charge in [-0.05, 0) is 6.92 Å². The molecule has 0 aromatic carbocycles. The summed E-state index contributed by atoms with van der Waals surface area (Å²) in [5.74, 6) is -4.28. The van der Waals surface area contributed by atoms with Crippen LogP contribution in [0.3, 0.4) is 0 Å². The van der Waals surface area contributed by atoms with Crippen LogP contribution in [0.5, 0.6) is 0 Å². The molecule has 104 valence electrons. The van der Waals surface area contributed by atoms with E-state index in [0.29, 0.717) is 4.57 Å². The normalized spacial score (nSPS) is 30.5. The zero-order valence-electron chi connectivity index (χ0n) is 9.79. The maximum absolute atomic E-state index is 14.6. The second-order valence-electron chi connectivity index (χ2n) is 4.27. The molecule has 1 saturated heterocycles. The van der Waals surface area contributed by atoms with Gasteiger partial charge < -0.3 is 14.9 Å². The van der Waals surface area contributed by atoms with E-state index in [2.05, 4.69) is 4.74 Å². The summed E-state index contributed by atoms with van der Waals surface area (Å²) >= 11 is 0. The largest absolute Gasteiger partial charge is 0.479 e. The Morgan fingerprint density at radius 1 is 1.63 bits per heavy atom. The average Bonchev–Trinajstić information content (AvgIpc) is 2.62. The van der Waals surface area contributed by atoms with Crippen LogP contribution in [0.4, 0.5) is 4.39 Å². The van der Waals surface area contributed by atoms with Crippen molar-refractivity contribution in [2.75, 3.05) is 6.61 Å². The van der Waals surface area contributed by atoms with Gasteiger partial charge in [0.25, 0.3) is 5.56 Å². The molecule has 0 radical (unpaired) electrons. The first-order valence-corrected chi connectivity index (χ1v) is 5.32. The van der Waals surface area contributed by atoms with Crippen LogP contribution in [-0.4, -0.2) is 44.5 Å². The van der Waals surface area contributed by atoms with Crippen LogP contribution in [0.1, 0.15) is 5.56 Å². The van der Waals surface area contributed by atoms with Crippen LogP contribution in [0.15, 0.2) is 15.8 Å². The zero-order valence-corrected chi connectivity index (χ0v) is 9.79. The Labute approximate surface area is 105 Å². The molecule has 1 fully saturated rings. The number of aliphatic hydroxyl groups is 1. The second kappa shape index (κ2) is 4.28. The topological polar surface area (TPSA) is 122 Å². The molecular formula is C10H11FN2O6. The van der Waals surface area contributed by atoms with Crippen LogP contribution in [-0.2, 0) is 15.3 Å². The van der Waals surface area contributed by atoms with E-state index >= 15 is 0 Å². The van der Waals surface area contributed by atoms with Gasteiger partial charge in [-0.1, -0.05) is 0 Å². The van der Waals surface area contributed by atoms with Crippen molar-refractivity contribution in [3.63, 3.8) is 0 Å². The molecule has 1 aliphatic rings. The molecule has 0 aliphatic carbocycles. The van der Waals surface area contributed by atoms with E-state index in [1.165, 1.54) is 6.92 Å². The Kier molecular flexibility index (Phi) is 3.03. The Morgan fingerprint density at radius 3 is 2.79 bits per heavy atom. The first-order valence-electron chi connectivity index (χ1n) is 5.32. The minimum Gasteiger partial charge on any atom is -0.479 e. The number of nitrogens with one attached hydrogen (secondary N) is 1. The molecule has 1 aromatic heterocycles. The summed E-state index contributed by atoms with van der Waals surface area (Å²) in [5.41, 5.74) is -1.73. The molecule has 9 heteroatoms. The van der Waals surface area contributed by atoms with Gasteiger partial charge in [-0.25, -0.2) is 14.0 Å². The van der Waals surface area contributed by atoms with Gasteiger partial charge in [0.05, 0.1) is 0 Å². The smallest absolute Gasteiger partial charge is 0.335 e. The van der Waals surface area contributed by atoms with Crippen LogP contribution in [0, 0.1) is 6.92 Å². The van der Waals surface area contributed by atoms with E-state index in [1.807, 2.05) is 4.98 Å². The molecule has 0 bridgehead atoms. The van der Waals surface area contributed by atoms with Crippen molar-refractivity contribution in [1.82, 2.24) is 9.55 Å². The Balaban J connectivity index is 2.53. The monoisotopic (exact) mass is 274 g/mol. The standard InChI is InChI=1S/C10H11FN2O6/c1-4-2-13(9(18)12-7(4)15)10(11)3-19-5(6(10)14)8(16)17/h2,5-6,14H,3H2,1H3,(H,16,17)(H,12,15,18)/t5-,6+,10-/m0/s1. The summed E-state index contributed by atoms with van der Waals surface area (Å²) in [6, 6.07) is 0. The molecular weight excluding hydrogens is 263 g/mol. The third-order valence-corrected chi connectivity index (χ3v) is 2.97. The van der Waals surface area contributed by atoms with E-state index in [-0.39, 0.29) is 5.56 Å². The quantitative estimate of drug-likeness (QED) is 0.591.